The zero-order valence-electron chi connectivity index (χ0n) is 14.6. The van der Waals surface area contributed by atoms with Gasteiger partial charge in [0.25, 0.3) is 0 Å². The maximum absolute atomic E-state index is 12.8. The van der Waals surface area contributed by atoms with Gasteiger partial charge in [-0.05, 0) is 48.4 Å². The summed E-state index contributed by atoms with van der Waals surface area (Å²) in [4.78, 5) is 14.6. The minimum absolute atomic E-state index is 0.147. The van der Waals surface area contributed by atoms with Crippen molar-refractivity contribution in [1.82, 2.24) is 9.47 Å². The summed E-state index contributed by atoms with van der Waals surface area (Å²) in [6.07, 6.45) is 4.53. The fourth-order valence-corrected chi connectivity index (χ4v) is 2.72. The number of carbonyl (C=O) groups is 1. The number of hydrogen-bond acceptors (Lipinski definition) is 2. The number of nitrogens with zero attached hydrogens (tertiary/aromatic N) is 2. The highest BCUT2D eigenvalue weighted by atomic mass is 16.3. The van der Waals surface area contributed by atoms with Crippen LogP contribution in [0.4, 0.5) is 10.5 Å². The van der Waals surface area contributed by atoms with Crippen molar-refractivity contribution in [3.05, 3.63) is 78.0 Å². The first-order valence-electron chi connectivity index (χ1n) is 8.43. The highest BCUT2D eigenvalue weighted by molar-refractivity contribution is 5.89. The standard InChI is InChI=1S/C20H23N3O2/c1-3-16-7-4-8-17(13-16)21-20(24)23(15-19-10-6-12-25-19)14-18-9-5-11-22(18)2/h4-13H,3,14-15H2,1-2H3,(H,21,24). The smallest absolute Gasteiger partial charge is 0.322 e. The molecule has 2 heterocycles. The molecule has 25 heavy (non-hydrogen) atoms. The Hall–Kier alpha value is -2.95. The lowest BCUT2D eigenvalue weighted by Gasteiger charge is -2.22. The van der Waals surface area contributed by atoms with E-state index in [1.54, 1.807) is 11.2 Å². The van der Waals surface area contributed by atoms with E-state index >= 15 is 0 Å². The number of carbonyl (C=O) groups excluding carboxylic acids is 1. The topological polar surface area (TPSA) is 50.4 Å². The first-order chi connectivity index (χ1) is 12.2. The molecule has 0 atom stereocenters. The van der Waals surface area contributed by atoms with Gasteiger partial charge in [0.15, 0.2) is 0 Å². The molecule has 2 amide bonds. The number of aromatic nitrogens is 1. The average Bonchev–Trinajstić information content (AvgIpc) is 3.26. The van der Waals surface area contributed by atoms with Crippen molar-refractivity contribution in [2.75, 3.05) is 5.32 Å². The number of furan rings is 1. The molecular weight excluding hydrogens is 314 g/mol. The number of hydrogen-bond donors (Lipinski definition) is 1. The molecule has 0 aliphatic carbocycles. The first kappa shape index (κ1) is 16.9. The van der Waals surface area contributed by atoms with Gasteiger partial charge in [-0.3, -0.25) is 0 Å². The summed E-state index contributed by atoms with van der Waals surface area (Å²) in [5, 5.41) is 3.00. The van der Waals surface area contributed by atoms with E-state index in [9.17, 15) is 4.79 Å². The molecule has 0 aliphatic heterocycles. The number of aryl methyl sites for hydroxylation is 2. The third kappa shape index (κ3) is 4.32. The van der Waals surface area contributed by atoms with E-state index in [-0.39, 0.29) is 6.03 Å². The Morgan fingerprint density at radius 1 is 1.16 bits per heavy atom. The molecule has 3 rings (SSSR count). The van der Waals surface area contributed by atoms with Crippen LogP contribution in [0.25, 0.3) is 0 Å². The lowest BCUT2D eigenvalue weighted by molar-refractivity contribution is 0.200. The highest BCUT2D eigenvalue weighted by Crippen LogP contribution is 2.15. The van der Waals surface area contributed by atoms with Gasteiger partial charge in [0.2, 0.25) is 0 Å². The predicted octanol–water partition coefficient (Wildman–Crippen LogP) is 4.41. The van der Waals surface area contributed by atoms with E-state index in [1.807, 2.05) is 60.3 Å². The lowest BCUT2D eigenvalue weighted by atomic mass is 10.1. The monoisotopic (exact) mass is 337 g/mol. The number of amides is 2. The van der Waals surface area contributed by atoms with Crippen molar-refractivity contribution >= 4 is 11.7 Å². The van der Waals surface area contributed by atoms with Crippen LogP contribution in [0.15, 0.2) is 65.4 Å². The maximum atomic E-state index is 12.8. The Bertz CT molecular complexity index is 821. The van der Waals surface area contributed by atoms with E-state index < -0.39 is 0 Å². The van der Waals surface area contributed by atoms with E-state index in [2.05, 4.69) is 18.3 Å². The molecule has 0 saturated carbocycles. The SMILES string of the molecule is CCc1cccc(NC(=O)N(Cc2ccco2)Cc2cccn2C)c1. The third-order valence-corrected chi connectivity index (χ3v) is 4.20. The highest BCUT2D eigenvalue weighted by Gasteiger charge is 2.17. The van der Waals surface area contributed by atoms with E-state index in [0.29, 0.717) is 13.1 Å². The molecule has 130 valence electrons. The Kier molecular flexibility index (Phi) is 5.23. The van der Waals surface area contributed by atoms with Gasteiger partial charge in [0, 0.05) is 24.6 Å². The van der Waals surface area contributed by atoms with Crippen molar-refractivity contribution in [3.63, 3.8) is 0 Å². The van der Waals surface area contributed by atoms with Crippen molar-refractivity contribution in [3.8, 4) is 0 Å². The minimum Gasteiger partial charge on any atom is -0.467 e. The molecule has 0 unspecified atom stereocenters. The zero-order chi connectivity index (χ0) is 17.6. The summed E-state index contributed by atoms with van der Waals surface area (Å²) in [5.74, 6) is 0.756. The molecule has 5 nitrogen and oxygen atoms in total. The minimum atomic E-state index is -0.147. The van der Waals surface area contributed by atoms with Gasteiger partial charge in [-0.1, -0.05) is 19.1 Å². The zero-order valence-corrected chi connectivity index (χ0v) is 14.6. The molecule has 5 heteroatoms. The van der Waals surface area contributed by atoms with Gasteiger partial charge < -0.3 is 19.2 Å². The second-order valence-electron chi connectivity index (χ2n) is 6.03. The van der Waals surface area contributed by atoms with Crippen molar-refractivity contribution in [2.45, 2.75) is 26.4 Å². The molecule has 0 saturated heterocycles. The van der Waals surface area contributed by atoms with Crippen LogP contribution >= 0.6 is 0 Å². The molecule has 3 aromatic rings. The molecular formula is C20H23N3O2. The molecule has 1 aromatic carbocycles. The van der Waals surface area contributed by atoms with Crippen LogP contribution in [0.5, 0.6) is 0 Å². The predicted molar refractivity (Wildman–Crippen MR) is 98.2 cm³/mol. The van der Waals surface area contributed by atoms with Gasteiger partial charge in [-0.15, -0.1) is 0 Å². The van der Waals surface area contributed by atoms with Crippen LogP contribution in [0, 0.1) is 0 Å². The summed E-state index contributed by atoms with van der Waals surface area (Å²) < 4.78 is 7.44. The summed E-state index contributed by atoms with van der Waals surface area (Å²) in [6, 6.07) is 15.5. The van der Waals surface area contributed by atoms with E-state index in [0.717, 1.165) is 23.6 Å². The summed E-state index contributed by atoms with van der Waals surface area (Å²) in [6.45, 7) is 3.01. The summed E-state index contributed by atoms with van der Waals surface area (Å²) in [7, 11) is 1.98. The number of benzene rings is 1. The van der Waals surface area contributed by atoms with E-state index in [4.69, 9.17) is 4.42 Å². The Balaban J connectivity index is 1.77. The molecule has 0 fully saturated rings. The summed E-state index contributed by atoms with van der Waals surface area (Å²) in [5.41, 5.74) is 3.06. The molecule has 0 aliphatic rings. The van der Waals surface area contributed by atoms with Crippen LogP contribution in [0.1, 0.15) is 23.9 Å². The largest absolute Gasteiger partial charge is 0.467 e. The fourth-order valence-electron chi connectivity index (χ4n) is 2.72. The Labute approximate surface area is 147 Å². The Morgan fingerprint density at radius 3 is 2.72 bits per heavy atom. The second-order valence-corrected chi connectivity index (χ2v) is 6.03. The quantitative estimate of drug-likeness (QED) is 0.724. The van der Waals surface area contributed by atoms with Crippen LogP contribution < -0.4 is 5.32 Å². The maximum Gasteiger partial charge on any atom is 0.322 e. The molecule has 1 N–H and O–H groups in total. The van der Waals surface area contributed by atoms with Crippen LogP contribution in [-0.2, 0) is 26.6 Å². The van der Waals surface area contributed by atoms with Crippen molar-refractivity contribution in [1.29, 1.82) is 0 Å². The molecule has 0 bridgehead atoms. The first-order valence-corrected chi connectivity index (χ1v) is 8.43. The lowest BCUT2D eigenvalue weighted by Crippen LogP contribution is -2.34. The molecule has 0 radical (unpaired) electrons. The average molecular weight is 337 g/mol. The number of rotatable bonds is 6. The van der Waals surface area contributed by atoms with Gasteiger partial charge in [-0.2, -0.15) is 0 Å². The molecule has 2 aromatic heterocycles. The van der Waals surface area contributed by atoms with Gasteiger partial charge in [0.1, 0.15) is 5.76 Å². The van der Waals surface area contributed by atoms with E-state index in [1.165, 1.54) is 5.56 Å². The van der Waals surface area contributed by atoms with Crippen LogP contribution in [0.3, 0.4) is 0 Å². The summed E-state index contributed by atoms with van der Waals surface area (Å²) >= 11 is 0. The van der Waals surface area contributed by atoms with Crippen molar-refractivity contribution in [2.24, 2.45) is 7.05 Å². The normalized spacial score (nSPS) is 10.6. The second kappa shape index (κ2) is 7.75. The number of urea groups is 1. The fraction of sp³-hybridized carbons (Fsp3) is 0.250. The van der Waals surface area contributed by atoms with Crippen LogP contribution in [0.2, 0.25) is 0 Å². The number of nitrogens with one attached hydrogen (secondary N) is 1. The van der Waals surface area contributed by atoms with Gasteiger partial charge in [-0.25, -0.2) is 4.79 Å². The third-order valence-electron chi connectivity index (χ3n) is 4.20. The van der Waals surface area contributed by atoms with Crippen LogP contribution in [-0.4, -0.2) is 15.5 Å². The van der Waals surface area contributed by atoms with Gasteiger partial charge in [0.05, 0.1) is 19.4 Å². The van der Waals surface area contributed by atoms with Crippen molar-refractivity contribution < 1.29 is 9.21 Å². The molecule has 0 spiro atoms. The van der Waals surface area contributed by atoms with Gasteiger partial charge >= 0.3 is 6.03 Å². The number of anilines is 1. The Morgan fingerprint density at radius 2 is 2.04 bits per heavy atom.